The number of aliphatic carboxylic acids is 1. The molecule has 2 heterocycles. The van der Waals surface area contributed by atoms with Crippen LogP contribution in [0.25, 0.3) is 27.7 Å². The number of hydrogen-bond acceptors (Lipinski definition) is 4. The van der Waals surface area contributed by atoms with Crippen LogP contribution in [0, 0.1) is 6.92 Å². The molecule has 1 saturated heterocycles. The summed E-state index contributed by atoms with van der Waals surface area (Å²) in [5, 5.41) is 25.6. The molecule has 5 rings (SSSR count). The third kappa shape index (κ3) is 4.13. The summed E-state index contributed by atoms with van der Waals surface area (Å²) in [5.41, 5.74) is 5.96. The van der Waals surface area contributed by atoms with E-state index in [-0.39, 0.29) is 6.42 Å². The van der Waals surface area contributed by atoms with Crippen LogP contribution in [-0.4, -0.2) is 49.6 Å². The molecule has 1 aromatic heterocycles. The number of nitrogens with zero attached hydrogens (tertiary/aromatic N) is 3. The van der Waals surface area contributed by atoms with Gasteiger partial charge in [-0.1, -0.05) is 54.1 Å². The number of hydrogen-bond donors (Lipinski definition) is 2. The number of halogens is 1. The molecule has 1 aliphatic rings. The molecule has 2 atom stereocenters. The average Bonchev–Trinajstić information content (AvgIpc) is 3.38. The van der Waals surface area contributed by atoms with Gasteiger partial charge < -0.3 is 10.2 Å². The second kappa shape index (κ2) is 8.63. The molecule has 33 heavy (non-hydrogen) atoms. The zero-order chi connectivity index (χ0) is 23.1. The number of aromatic nitrogens is 2. The first kappa shape index (κ1) is 21.6. The lowest BCUT2D eigenvalue weighted by Gasteiger charge is -2.20. The Labute approximate surface area is 196 Å². The minimum absolute atomic E-state index is 0.236. The van der Waals surface area contributed by atoms with Gasteiger partial charge in [0.25, 0.3) is 0 Å². The van der Waals surface area contributed by atoms with Gasteiger partial charge in [0.05, 0.1) is 16.8 Å². The molecule has 0 spiro atoms. The van der Waals surface area contributed by atoms with E-state index in [2.05, 4.69) is 25.1 Å². The molecular weight excluding hydrogens is 438 g/mol. The minimum atomic E-state index is -0.916. The van der Waals surface area contributed by atoms with Crippen molar-refractivity contribution in [1.29, 1.82) is 0 Å². The van der Waals surface area contributed by atoms with Gasteiger partial charge in [-0.05, 0) is 47.4 Å². The van der Waals surface area contributed by atoms with Gasteiger partial charge in [-0.25, -0.2) is 4.68 Å². The zero-order valence-corrected chi connectivity index (χ0v) is 18.9. The summed E-state index contributed by atoms with van der Waals surface area (Å²) in [6, 6.07) is 19.5. The summed E-state index contributed by atoms with van der Waals surface area (Å²) in [6.07, 6.45) is 1.56. The summed E-state index contributed by atoms with van der Waals surface area (Å²) < 4.78 is 1.85. The number of rotatable bonds is 5. The normalized spacial score (nSPS) is 18.8. The van der Waals surface area contributed by atoms with Crippen LogP contribution in [0.1, 0.15) is 17.5 Å². The number of aliphatic hydroxyl groups is 1. The number of β-amino-alcohol motifs (C(OH)–C–C–N with tert-alkyl or cyclic N) is 1. The summed E-state index contributed by atoms with van der Waals surface area (Å²) in [7, 11) is 0. The number of carboxylic acid groups (broad SMARTS) is 1. The molecule has 0 aliphatic carbocycles. The predicted molar refractivity (Wildman–Crippen MR) is 129 cm³/mol. The Bertz CT molecular complexity index is 1340. The number of fused-ring (bicyclic) bond motifs is 1. The first-order chi connectivity index (χ1) is 15.9. The first-order valence-corrected chi connectivity index (χ1v) is 11.3. The van der Waals surface area contributed by atoms with E-state index < -0.39 is 18.1 Å². The third-order valence-electron chi connectivity index (χ3n) is 6.31. The molecule has 3 aromatic carbocycles. The Balaban J connectivity index is 1.50. The largest absolute Gasteiger partial charge is 0.480 e. The molecule has 0 amide bonds. The Morgan fingerprint density at radius 1 is 1.15 bits per heavy atom. The van der Waals surface area contributed by atoms with Crippen molar-refractivity contribution in [2.24, 2.45) is 0 Å². The van der Waals surface area contributed by atoms with E-state index in [1.807, 2.05) is 53.3 Å². The molecule has 168 valence electrons. The maximum atomic E-state index is 11.6. The molecule has 4 aromatic rings. The first-order valence-electron chi connectivity index (χ1n) is 10.9. The van der Waals surface area contributed by atoms with Crippen LogP contribution in [-0.2, 0) is 11.3 Å². The monoisotopic (exact) mass is 461 g/mol. The van der Waals surface area contributed by atoms with Crippen LogP contribution in [0.15, 0.2) is 66.9 Å². The second-order valence-electron chi connectivity index (χ2n) is 8.58. The van der Waals surface area contributed by atoms with Crippen LogP contribution in [0.2, 0.25) is 5.02 Å². The van der Waals surface area contributed by atoms with Gasteiger partial charge in [-0.15, -0.1) is 0 Å². The summed E-state index contributed by atoms with van der Waals surface area (Å²) in [6.45, 7) is 2.82. The predicted octanol–water partition coefficient (Wildman–Crippen LogP) is 4.67. The van der Waals surface area contributed by atoms with Gasteiger partial charge in [-0.2, -0.15) is 5.10 Å². The Kier molecular flexibility index (Phi) is 5.66. The number of aliphatic hydroxyl groups excluding tert-OH is 1. The second-order valence-corrected chi connectivity index (χ2v) is 8.99. The topological polar surface area (TPSA) is 78.6 Å². The van der Waals surface area contributed by atoms with Crippen molar-refractivity contribution in [3.63, 3.8) is 0 Å². The zero-order valence-electron chi connectivity index (χ0n) is 18.1. The molecule has 0 unspecified atom stereocenters. The highest BCUT2D eigenvalue weighted by Gasteiger charge is 2.35. The highest BCUT2D eigenvalue weighted by Crippen LogP contribution is 2.31. The smallest absolute Gasteiger partial charge is 0.321 e. The molecule has 1 fully saturated rings. The minimum Gasteiger partial charge on any atom is -0.480 e. The lowest BCUT2D eigenvalue weighted by atomic mass is 9.99. The average molecular weight is 462 g/mol. The van der Waals surface area contributed by atoms with Gasteiger partial charge in [-0.3, -0.25) is 9.69 Å². The van der Waals surface area contributed by atoms with Crippen molar-refractivity contribution < 1.29 is 15.0 Å². The summed E-state index contributed by atoms with van der Waals surface area (Å²) >= 11 is 6.58. The Hall–Kier alpha value is -3.19. The van der Waals surface area contributed by atoms with Gasteiger partial charge in [0, 0.05) is 31.1 Å². The maximum absolute atomic E-state index is 11.6. The fourth-order valence-electron chi connectivity index (χ4n) is 4.71. The molecule has 0 bridgehead atoms. The summed E-state index contributed by atoms with van der Waals surface area (Å²) in [5.74, 6) is -0.916. The van der Waals surface area contributed by atoms with Gasteiger partial charge in [0.2, 0.25) is 0 Å². The lowest BCUT2D eigenvalue weighted by Crippen LogP contribution is -2.35. The standard InChI is InChI=1S/C26H24ClN3O3/c1-16-21(18-6-3-2-4-7-18)8-5-9-23(16)30-14-19-10-17(11-22(27)25(19)28-30)13-29-15-20(31)12-24(29)26(32)33/h2-11,14,20,24,31H,12-13,15H2,1H3,(H,32,33)/t20-,24-/m0/s1. The van der Waals surface area contributed by atoms with Crippen LogP contribution < -0.4 is 0 Å². The Morgan fingerprint density at radius 2 is 1.94 bits per heavy atom. The van der Waals surface area contributed by atoms with E-state index >= 15 is 0 Å². The van der Waals surface area contributed by atoms with Crippen molar-refractivity contribution in [3.05, 3.63) is 83.0 Å². The van der Waals surface area contributed by atoms with Crippen molar-refractivity contribution in [2.45, 2.75) is 32.0 Å². The fourth-order valence-corrected chi connectivity index (χ4v) is 5.00. The van der Waals surface area contributed by atoms with Gasteiger partial charge >= 0.3 is 5.97 Å². The highest BCUT2D eigenvalue weighted by atomic mass is 35.5. The van der Waals surface area contributed by atoms with Gasteiger partial charge in [0.15, 0.2) is 0 Å². The van der Waals surface area contributed by atoms with Crippen molar-refractivity contribution in [1.82, 2.24) is 14.7 Å². The number of likely N-dealkylation sites (tertiary alicyclic amines) is 1. The van der Waals surface area contributed by atoms with Crippen LogP contribution in [0.5, 0.6) is 0 Å². The molecule has 2 N–H and O–H groups in total. The molecule has 7 heteroatoms. The highest BCUT2D eigenvalue weighted by molar-refractivity contribution is 6.35. The number of carbonyl (C=O) groups is 1. The van der Waals surface area contributed by atoms with E-state index in [0.717, 1.165) is 33.3 Å². The number of benzene rings is 3. The van der Waals surface area contributed by atoms with Gasteiger partial charge in [0.1, 0.15) is 11.6 Å². The molecule has 1 aliphatic heterocycles. The molecule has 0 radical (unpaired) electrons. The van der Waals surface area contributed by atoms with E-state index in [9.17, 15) is 15.0 Å². The fraction of sp³-hybridized carbons (Fsp3) is 0.231. The molecule has 0 saturated carbocycles. The third-order valence-corrected chi connectivity index (χ3v) is 6.60. The van der Waals surface area contributed by atoms with E-state index in [4.69, 9.17) is 16.7 Å². The van der Waals surface area contributed by atoms with Crippen molar-refractivity contribution >= 4 is 28.5 Å². The van der Waals surface area contributed by atoms with Crippen LogP contribution in [0.3, 0.4) is 0 Å². The summed E-state index contributed by atoms with van der Waals surface area (Å²) in [4.78, 5) is 13.3. The van der Waals surface area contributed by atoms with Crippen LogP contribution in [0.4, 0.5) is 0 Å². The van der Waals surface area contributed by atoms with E-state index in [0.29, 0.717) is 23.6 Å². The van der Waals surface area contributed by atoms with E-state index in [1.165, 1.54) is 0 Å². The van der Waals surface area contributed by atoms with Crippen LogP contribution >= 0.6 is 11.6 Å². The lowest BCUT2D eigenvalue weighted by molar-refractivity contribution is -0.142. The van der Waals surface area contributed by atoms with Crippen molar-refractivity contribution in [3.8, 4) is 16.8 Å². The Morgan fingerprint density at radius 3 is 2.70 bits per heavy atom. The van der Waals surface area contributed by atoms with E-state index in [1.54, 1.807) is 4.90 Å². The molecular formula is C26H24ClN3O3. The molecule has 6 nitrogen and oxygen atoms in total. The SMILES string of the molecule is Cc1c(-c2ccccc2)cccc1-n1cc2cc(CN3C[C@@H](O)C[C@H]3C(=O)O)cc(Cl)c2n1. The number of carboxylic acids is 1. The quantitative estimate of drug-likeness (QED) is 0.451. The maximum Gasteiger partial charge on any atom is 0.321 e. The van der Waals surface area contributed by atoms with Crippen molar-refractivity contribution in [2.75, 3.05) is 6.54 Å².